The molecule has 90 valence electrons. The van der Waals surface area contributed by atoms with Crippen molar-refractivity contribution in [1.29, 1.82) is 0 Å². The van der Waals surface area contributed by atoms with E-state index in [1.165, 1.54) is 12.8 Å². The monoisotopic (exact) mass is 261 g/mol. The molecular formula is C12H17Cl2NO. The lowest BCUT2D eigenvalue weighted by Crippen LogP contribution is -2.27. The van der Waals surface area contributed by atoms with Crippen molar-refractivity contribution in [2.24, 2.45) is 0 Å². The van der Waals surface area contributed by atoms with Gasteiger partial charge in [-0.2, -0.15) is 0 Å². The summed E-state index contributed by atoms with van der Waals surface area (Å²) in [7, 11) is 0. The average molecular weight is 262 g/mol. The van der Waals surface area contributed by atoms with Crippen LogP contribution in [0.3, 0.4) is 0 Å². The molecule has 0 amide bonds. The summed E-state index contributed by atoms with van der Waals surface area (Å²) in [5, 5.41) is 13.5. The van der Waals surface area contributed by atoms with Crippen LogP contribution in [-0.4, -0.2) is 11.7 Å². The molecule has 1 aromatic rings. The maximum atomic E-state index is 9.27. The molecule has 0 aromatic heterocycles. The Labute approximate surface area is 107 Å². The zero-order valence-electron chi connectivity index (χ0n) is 9.08. The van der Waals surface area contributed by atoms with Crippen LogP contribution < -0.4 is 5.32 Å². The molecule has 1 fully saturated rings. The Hall–Kier alpha value is -0.280. The van der Waals surface area contributed by atoms with E-state index in [0.29, 0.717) is 6.04 Å². The molecule has 1 unspecified atom stereocenters. The predicted molar refractivity (Wildman–Crippen MR) is 69.2 cm³/mol. The number of aliphatic hydroxyl groups is 1. The molecule has 4 heteroatoms. The number of piperidine rings is 1. The van der Waals surface area contributed by atoms with E-state index in [-0.39, 0.29) is 19.0 Å². The highest BCUT2D eigenvalue weighted by atomic mass is 35.5. The quantitative estimate of drug-likeness (QED) is 0.858. The highest BCUT2D eigenvalue weighted by Crippen LogP contribution is 2.28. The lowest BCUT2D eigenvalue weighted by Gasteiger charge is -2.25. The predicted octanol–water partition coefficient (Wildman–Crippen LogP) is 3.07. The van der Waals surface area contributed by atoms with E-state index in [4.69, 9.17) is 11.6 Å². The molecule has 1 aromatic carbocycles. The number of nitrogens with one attached hydrogen (secondary N) is 1. The van der Waals surface area contributed by atoms with Gasteiger partial charge in [-0.1, -0.05) is 24.1 Å². The van der Waals surface area contributed by atoms with E-state index < -0.39 is 0 Å². The molecule has 0 spiro atoms. The second-order valence-electron chi connectivity index (χ2n) is 4.00. The van der Waals surface area contributed by atoms with E-state index in [1.807, 2.05) is 18.2 Å². The molecule has 0 radical (unpaired) electrons. The van der Waals surface area contributed by atoms with Crippen molar-refractivity contribution < 1.29 is 5.11 Å². The maximum absolute atomic E-state index is 9.27. The van der Waals surface area contributed by atoms with Gasteiger partial charge in [-0.25, -0.2) is 0 Å². The van der Waals surface area contributed by atoms with Crippen LogP contribution in [0.15, 0.2) is 18.2 Å². The van der Waals surface area contributed by atoms with Crippen molar-refractivity contribution in [2.75, 3.05) is 6.54 Å². The summed E-state index contributed by atoms with van der Waals surface area (Å²) in [6.07, 6.45) is 3.62. The van der Waals surface area contributed by atoms with Gasteiger partial charge in [0.2, 0.25) is 0 Å². The number of aliphatic hydroxyl groups excluding tert-OH is 1. The number of rotatable bonds is 2. The van der Waals surface area contributed by atoms with E-state index >= 15 is 0 Å². The molecule has 2 rings (SSSR count). The molecule has 16 heavy (non-hydrogen) atoms. The van der Waals surface area contributed by atoms with Crippen LogP contribution in [-0.2, 0) is 6.61 Å². The summed E-state index contributed by atoms with van der Waals surface area (Å²) in [6, 6.07) is 6.07. The summed E-state index contributed by atoms with van der Waals surface area (Å²) < 4.78 is 0. The molecule has 1 aliphatic rings. The van der Waals surface area contributed by atoms with Gasteiger partial charge < -0.3 is 10.4 Å². The van der Waals surface area contributed by atoms with Crippen LogP contribution in [0.1, 0.15) is 36.4 Å². The lowest BCUT2D eigenvalue weighted by atomic mass is 9.94. The Bertz CT molecular complexity index is 338. The van der Waals surface area contributed by atoms with Crippen molar-refractivity contribution in [1.82, 2.24) is 5.32 Å². The second kappa shape index (κ2) is 6.45. The third-order valence-electron chi connectivity index (χ3n) is 2.96. The van der Waals surface area contributed by atoms with Gasteiger partial charge in [-0.15, -0.1) is 12.4 Å². The second-order valence-corrected chi connectivity index (χ2v) is 4.44. The Morgan fingerprint density at radius 3 is 2.81 bits per heavy atom. The molecule has 0 saturated carbocycles. The topological polar surface area (TPSA) is 32.3 Å². The number of hydrogen-bond acceptors (Lipinski definition) is 2. The Balaban J connectivity index is 0.00000128. The zero-order valence-corrected chi connectivity index (χ0v) is 10.7. The van der Waals surface area contributed by atoms with E-state index in [2.05, 4.69) is 5.32 Å². The fourth-order valence-corrected chi connectivity index (χ4v) is 2.33. The van der Waals surface area contributed by atoms with Gasteiger partial charge in [0, 0.05) is 11.1 Å². The molecule has 0 aliphatic carbocycles. The van der Waals surface area contributed by atoms with Crippen LogP contribution in [0, 0.1) is 0 Å². The molecule has 0 bridgehead atoms. The summed E-state index contributed by atoms with van der Waals surface area (Å²) >= 11 is 5.98. The molecule has 1 atom stereocenters. The fourth-order valence-electron chi connectivity index (χ4n) is 2.15. The summed E-state index contributed by atoms with van der Waals surface area (Å²) in [5.41, 5.74) is 2.14. The minimum Gasteiger partial charge on any atom is -0.392 e. The van der Waals surface area contributed by atoms with Gasteiger partial charge in [0.05, 0.1) is 6.61 Å². The van der Waals surface area contributed by atoms with Crippen molar-refractivity contribution in [3.63, 3.8) is 0 Å². The summed E-state index contributed by atoms with van der Waals surface area (Å²) in [4.78, 5) is 0. The van der Waals surface area contributed by atoms with Crippen LogP contribution >= 0.6 is 24.0 Å². The highest BCUT2D eigenvalue weighted by Gasteiger charge is 2.17. The largest absolute Gasteiger partial charge is 0.392 e. The van der Waals surface area contributed by atoms with Crippen LogP contribution in [0.2, 0.25) is 5.02 Å². The van der Waals surface area contributed by atoms with Gasteiger partial charge >= 0.3 is 0 Å². The standard InChI is InChI=1S/C12H16ClNO.ClH/c13-10-5-4-9(8-15)11(7-10)12-3-1-2-6-14-12;/h4-5,7,12,14-15H,1-3,6,8H2;1H. The average Bonchev–Trinajstić information content (AvgIpc) is 2.30. The fraction of sp³-hybridized carbons (Fsp3) is 0.500. The minimum atomic E-state index is 0. The van der Waals surface area contributed by atoms with Crippen molar-refractivity contribution in [3.05, 3.63) is 34.3 Å². The molecule has 1 heterocycles. The molecular weight excluding hydrogens is 245 g/mol. The molecule has 1 aliphatic heterocycles. The highest BCUT2D eigenvalue weighted by molar-refractivity contribution is 6.30. The Morgan fingerprint density at radius 2 is 2.19 bits per heavy atom. The van der Waals surface area contributed by atoms with Crippen molar-refractivity contribution in [2.45, 2.75) is 31.9 Å². The van der Waals surface area contributed by atoms with Gasteiger partial charge in [-0.05, 0) is 42.6 Å². The Morgan fingerprint density at radius 1 is 1.38 bits per heavy atom. The molecule has 1 saturated heterocycles. The first-order chi connectivity index (χ1) is 7.31. The Kier molecular flexibility index (Phi) is 5.56. The van der Waals surface area contributed by atoms with Gasteiger partial charge in [0.15, 0.2) is 0 Å². The van der Waals surface area contributed by atoms with Gasteiger partial charge in [-0.3, -0.25) is 0 Å². The SMILES string of the molecule is Cl.OCc1ccc(Cl)cc1C1CCCCN1. The third kappa shape index (κ3) is 3.11. The van der Waals surface area contributed by atoms with Gasteiger partial charge in [0.1, 0.15) is 0 Å². The smallest absolute Gasteiger partial charge is 0.0685 e. The van der Waals surface area contributed by atoms with Gasteiger partial charge in [0.25, 0.3) is 0 Å². The van der Waals surface area contributed by atoms with Crippen LogP contribution in [0.25, 0.3) is 0 Å². The summed E-state index contributed by atoms with van der Waals surface area (Å²) in [6.45, 7) is 1.15. The first-order valence-electron chi connectivity index (χ1n) is 5.44. The van der Waals surface area contributed by atoms with E-state index in [1.54, 1.807) is 0 Å². The first kappa shape index (κ1) is 13.8. The van der Waals surface area contributed by atoms with Crippen LogP contribution in [0.4, 0.5) is 0 Å². The minimum absolute atomic E-state index is 0. The zero-order chi connectivity index (χ0) is 10.7. The third-order valence-corrected chi connectivity index (χ3v) is 3.20. The number of benzene rings is 1. The first-order valence-corrected chi connectivity index (χ1v) is 5.81. The number of hydrogen-bond donors (Lipinski definition) is 2. The number of halogens is 2. The lowest BCUT2D eigenvalue weighted by molar-refractivity contribution is 0.277. The van der Waals surface area contributed by atoms with E-state index in [9.17, 15) is 5.11 Å². The molecule has 2 nitrogen and oxygen atoms in total. The van der Waals surface area contributed by atoms with E-state index in [0.717, 1.165) is 29.1 Å². The normalized spacial score (nSPS) is 20.2. The van der Waals surface area contributed by atoms with Crippen LogP contribution in [0.5, 0.6) is 0 Å². The summed E-state index contributed by atoms with van der Waals surface area (Å²) in [5.74, 6) is 0. The van der Waals surface area contributed by atoms with Crippen molar-refractivity contribution in [3.8, 4) is 0 Å². The maximum Gasteiger partial charge on any atom is 0.0685 e. The molecule has 2 N–H and O–H groups in total. The van der Waals surface area contributed by atoms with Crippen molar-refractivity contribution >= 4 is 24.0 Å².